The number of morpholine rings is 1. The number of hydrogen-bond acceptors (Lipinski definition) is 4. The SMILES string of the molecule is O=C1CO[C@@]2(CC[C@](F)(C(=O)CCc3ccc(Cl)cc3Cl)c3cccnc32)CN1. The molecule has 1 aromatic heterocycles. The normalized spacial score (nSPS) is 26.1. The van der Waals surface area contributed by atoms with Gasteiger partial charge >= 0.3 is 0 Å². The third-order valence-electron chi connectivity index (χ3n) is 5.67. The van der Waals surface area contributed by atoms with Gasteiger partial charge in [0, 0.05) is 28.2 Å². The molecule has 1 aliphatic carbocycles. The number of ketones is 1. The lowest BCUT2D eigenvalue weighted by molar-refractivity contribution is -0.153. The third kappa shape index (κ3) is 3.65. The van der Waals surface area contributed by atoms with Crippen LogP contribution in [0.2, 0.25) is 10.0 Å². The molecule has 1 fully saturated rings. The van der Waals surface area contributed by atoms with Crippen LogP contribution >= 0.6 is 23.2 Å². The average molecular weight is 437 g/mol. The summed E-state index contributed by atoms with van der Waals surface area (Å²) in [7, 11) is 0. The highest BCUT2D eigenvalue weighted by Gasteiger charge is 2.53. The quantitative estimate of drug-likeness (QED) is 0.788. The average Bonchev–Trinajstić information content (AvgIpc) is 2.72. The number of aromatic nitrogens is 1. The maximum atomic E-state index is 16.1. The Hall–Kier alpha value is -2.02. The van der Waals surface area contributed by atoms with E-state index in [0.717, 1.165) is 5.56 Å². The zero-order valence-corrected chi connectivity index (χ0v) is 17.0. The first-order valence-electron chi connectivity index (χ1n) is 9.37. The van der Waals surface area contributed by atoms with Gasteiger partial charge in [0.2, 0.25) is 5.91 Å². The van der Waals surface area contributed by atoms with E-state index >= 15 is 4.39 Å². The van der Waals surface area contributed by atoms with E-state index in [1.807, 2.05) is 0 Å². The molecule has 5 nitrogen and oxygen atoms in total. The minimum absolute atomic E-state index is 0.00319. The van der Waals surface area contributed by atoms with E-state index in [2.05, 4.69) is 10.3 Å². The number of benzene rings is 1. The molecule has 1 spiro atoms. The summed E-state index contributed by atoms with van der Waals surface area (Å²) in [5, 5.41) is 3.72. The Balaban J connectivity index is 1.59. The predicted octanol–water partition coefficient (Wildman–Crippen LogP) is 3.89. The van der Waals surface area contributed by atoms with Crippen molar-refractivity contribution >= 4 is 34.9 Å². The highest BCUT2D eigenvalue weighted by atomic mass is 35.5. The number of ether oxygens (including phenoxy) is 1. The molecule has 0 bridgehead atoms. The molecular formula is C21H19Cl2FN2O3. The summed E-state index contributed by atoms with van der Waals surface area (Å²) >= 11 is 12.1. The summed E-state index contributed by atoms with van der Waals surface area (Å²) in [6, 6.07) is 8.23. The van der Waals surface area contributed by atoms with Crippen molar-refractivity contribution in [1.29, 1.82) is 0 Å². The first kappa shape index (κ1) is 20.3. The fraction of sp³-hybridized carbons (Fsp3) is 0.381. The second-order valence-corrected chi connectivity index (χ2v) is 8.26. The molecule has 2 aromatic rings. The summed E-state index contributed by atoms with van der Waals surface area (Å²) in [4.78, 5) is 28.8. The largest absolute Gasteiger partial charge is 0.357 e. The molecule has 29 heavy (non-hydrogen) atoms. The molecule has 1 aliphatic heterocycles. The van der Waals surface area contributed by atoms with Gasteiger partial charge in [-0.2, -0.15) is 0 Å². The first-order valence-corrected chi connectivity index (χ1v) is 10.1. The summed E-state index contributed by atoms with van der Waals surface area (Å²) in [5.41, 5.74) is -1.72. The van der Waals surface area contributed by atoms with Crippen molar-refractivity contribution in [3.8, 4) is 0 Å². The van der Waals surface area contributed by atoms with Gasteiger partial charge in [-0.3, -0.25) is 14.6 Å². The van der Waals surface area contributed by atoms with Crippen molar-refractivity contribution in [2.45, 2.75) is 37.0 Å². The van der Waals surface area contributed by atoms with Crippen LogP contribution in [-0.4, -0.2) is 29.8 Å². The van der Waals surface area contributed by atoms with Crippen molar-refractivity contribution in [3.05, 3.63) is 63.4 Å². The van der Waals surface area contributed by atoms with Gasteiger partial charge in [-0.15, -0.1) is 0 Å². The number of rotatable bonds is 4. The Morgan fingerprint density at radius 1 is 1.28 bits per heavy atom. The van der Waals surface area contributed by atoms with Crippen LogP contribution in [0.15, 0.2) is 36.5 Å². The van der Waals surface area contributed by atoms with Crippen LogP contribution in [0, 0.1) is 0 Å². The van der Waals surface area contributed by atoms with E-state index in [1.165, 1.54) is 0 Å². The standard InChI is InChI=1S/C21H19Cl2FN2O3/c22-14-5-3-13(16(23)10-14)4-6-17(27)21(24)8-7-20(12-26-18(28)11-29-20)19-15(21)2-1-9-25-19/h1-3,5,9-10H,4,6-8,11-12H2,(H,26,28)/t20-,21+/m0/s1. The molecule has 2 heterocycles. The number of carbonyl (C=O) groups is 2. The van der Waals surface area contributed by atoms with E-state index in [0.29, 0.717) is 22.2 Å². The van der Waals surface area contributed by atoms with Crippen LogP contribution in [0.1, 0.15) is 36.1 Å². The van der Waals surface area contributed by atoms with Gasteiger partial charge < -0.3 is 10.1 Å². The summed E-state index contributed by atoms with van der Waals surface area (Å²) in [6.45, 7) is 0.0960. The second-order valence-electron chi connectivity index (χ2n) is 7.42. The predicted molar refractivity (Wildman–Crippen MR) is 107 cm³/mol. The summed E-state index contributed by atoms with van der Waals surface area (Å²) < 4.78 is 21.8. The molecule has 2 aliphatic rings. The highest BCUT2D eigenvalue weighted by Crippen LogP contribution is 2.48. The molecule has 1 N–H and O–H groups in total. The Bertz CT molecular complexity index is 974. The van der Waals surface area contributed by atoms with Crippen LogP contribution in [0.4, 0.5) is 4.39 Å². The molecule has 0 unspecified atom stereocenters. The molecule has 8 heteroatoms. The number of aryl methyl sites for hydroxylation is 1. The number of Topliss-reactive ketones (excluding diaryl/α,β-unsaturated/α-hetero) is 1. The van der Waals surface area contributed by atoms with Crippen LogP contribution in [0.3, 0.4) is 0 Å². The molecule has 1 saturated heterocycles. The molecule has 1 aromatic carbocycles. The molecule has 2 atom stereocenters. The smallest absolute Gasteiger partial charge is 0.246 e. The number of pyridine rings is 1. The number of halogens is 3. The summed E-state index contributed by atoms with van der Waals surface area (Å²) in [5.74, 6) is -0.742. The zero-order chi connectivity index (χ0) is 20.6. The minimum atomic E-state index is -2.15. The molecule has 4 rings (SSSR count). The number of fused-ring (bicyclic) bond motifs is 2. The lowest BCUT2D eigenvalue weighted by atomic mass is 9.72. The fourth-order valence-electron chi connectivity index (χ4n) is 4.04. The Labute approximate surface area is 177 Å². The lowest BCUT2D eigenvalue weighted by Gasteiger charge is -2.44. The topological polar surface area (TPSA) is 68.3 Å². The number of alkyl halides is 1. The second kappa shape index (κ2) is 7.67. The fourth-order valence-corrected chi connectivity index (χ4v) is 4.54. The third-order valence-corrected chi connectivity index (χ3v) is 6.26. The Morgan fingerprint density at radius 3 is 2.83 bits per heavy atom. The monoisotopic (exact) mass is 436 g/mol. The number of carbonyl (C=O) groups excluding carboxylic acids is 2. The van der Waals surface area contributed by atoms with Crippen molar-refractivity contribution in [2.24, 2.45) is 0 Å². The van der Waals surface area contributed by atoms with E-state index in [-0.39, 0.29) is 43.9 Å². The van der Waals surface area contributed by atoms with Gasteiger partial charge in [0.1, 0.15) is 12.2 Å². The molecule has 0 saturated carbocycles. The van der Waals surface area contributed by atoms with Crippen molar-refractivity contribution in [2.75, 3.05) is 13.2 Å². The van der Waals surface area contributed by atoms with Crippen molar-refractivity contribution < 1.29 is 18.7 Å². The van der Waals surface area contributed by atoms with Crippen LogP contribution in [0.25, 0.3) is 0 Å². The Morgan fingerprint density at radius 2 is 2.10 bits per heavy atom. The minimum Gasteiger partial charge on any atom is -0.357 e. The lowest BCUT2D eigenvalue weighted by Crippen LogP contribution is -2.55. The number of amides is 1. The Kier molecular flexibility index (Phi) is 5.36. The van der Waals surface area contributed by atoms with Crippen LogP contribution < -0.4 is 5.32 Å². The zero-order valence-electron chi connectivity index (χ0n) is 15.5. The van der Waals surface area contributed by atoms with Gasteiger partial charge in [0.15, 0.2) is 11.5 Å². The maximum absolute atomic E-state index is 16.1. The highest BCUT2D eigenvalue weighted by molar-refractivity contribution is 6.35. The molecular weight excluding hydrogens is 418 g/mol. The van der Waals surface area contributed by atoms with E-state index in [9.17, 15) is 9.59 Å². The number of hydrogen-bond donors (Lipinski definition) is 1. The number of nitrogens with one attached hydrogen (secondary N) is 1. The van der Waals surface area contributed by atoms with Crippen molar-refractivity contribution in [3.63, 3.8) is 0 Å². The molecule has 152 valence electrons. The van der Waals surface area contributed by atoms with E-state index in [4.69, 9.17) is 27.9 Å². The van der Waals surface area contributed by atoms with E-state index < -0.39 is 17.1 Å². The first-order chi connectivity index (χ1) is 13.8. The van der Waals surface area contributed by atoms with Crippen LogP contribution in [-0.2, 0) is 32.0 Å². The van der Waals surface area contributed by atoms with Gasteiger partial charge in [0.05, 0.1) is 12.2 Å². The maximum Gasteiger partial charge on any atom is 0.246 e. The molecule has 0 radical (unpaired) electrons. The van der Waals surface area contributed by atoms with Gasteiger partial charge in [-0.25, -0.2) is 4.39 Å². The molecule has 1 amide bonds. The van der Waals surface area contributed by atoms with Gasteiger partial charge in [-0.05, 0) is 43.0 Å². The van der Waals surface area contributed by atoms with Gasteiger partial charge in [-0.1, -0.05) is 35.3 Å². The van der Waals surface area contributed by atoms with Gasteiger partial charge in [0.25, 0.3) is 0 Å². The van der Waals surface area contributed by atoms with Crippen LogP contribution in [0.5, 0.6) is 0 Å². The summed E-state index contributed by atoms with van der Waals surface area (Å²) in [6.07, 6.45) is 2.07. The van der Waals surface area contributed by atoms with E-state index in [1.54, 1.807) is 36.5 Å². The number of nitrogens with zero attached hydrogens (tertiary/aromatic N) is 1. The van der Waals surface area contributed by atoms with Crippen molar-refractivity contribution in [1.82, 2.24) is 10.3 Å².